The van der Waals surface area contributed by atoms with Gasteiger partial charge in [-0.25, -0.2) is 4.79 Å². The van der Waals surface area contributed by atoms with Crippen molar-refractivity contribution in [3.8, 4) is 0 Å². The van der Waals surface area contributed by atoms with E-state index in [0.29, 0.717) is 18.1 Å². The van der Waals surface area contributed by atoms with Crippen molar-refractivity contribution < 1.29 is 9.00 Å². The van der Waals surface area contributed by atoms with Crippen LogP contribution in [0.4, 0.5) is 4.79 Å². The third-order valence-corrected chi connectivity index (χ3v) is 5.81. The Morgan fingerprint density at radius 2 is 2.14 bits per heavy atom. The minimum absolute atomic E-state index is 0.140. The van der Waals surface area contributed by atoms with Gasteiger partial charge in [0, 0.05) is 40.6 Å². The molecule has 0 aliphatic carbocycles. The van der Waals surface area contributed by atoms with Crippen LogP contribution in [0.15, 0.2) is 30.3 Å². The third-order valence-electron chi connectivity index (χ3n) is 3.28. The number of benzene rings is 1. The van der Waals surface area contributed by atoms with Crippen LogP contribution >= 0.6 is 11.8 Å². The number of rotatable bonds is 6. The lowest BCUT2D eigenvalue weighted by Gasteiger charge is -2.22. The van der Waals surface area contributed by atoms with Gasteiger partial charge in [-0.05, 0) is 24.2 Å². The Morgan fingerprint density at radius 3 is 2.86 bits per heavy atom. The number of hydrogen-bond donors (Lipinski definition) is 2. The molecule has 2 amide bonds. The van der Waals surface area contributed by atoms with Crippen LogP contribution in [0.2, 0.25) is 0 Å². The molecule has 4 nitrogen and oxygen atoms in total. The fourth-order valence-electron chi connectivity index (χ4n) is 2.20. The maximum Gasteiger partial charge on any atom is 0.315 e. The Morgan fingerprint density at radius 1 is 1.33 bits per heavy atom. The number of amides is 2. The molecule has 1 aromatic carbocycles. The van der Waals surface area contributed by atoms with Gasteiger partial charge in [0.1, 0.15) is 0 Å². The van der Waals surface area contributed by atoms with E-state index in [1.54, 1.807) is 0 Å². The molecule has 116 valence electrons. The Hall–Kier alpha value is -1.01. The summed E-state index contributed by atoms with van der Waals surface area (Å²) in [6, 6.07) is 9.91. The van der Waals surface area contributed by atoms with Crippen molar-refractivity contribution >= 4 is 28.6 Å². The van der Waals surface area contributed by atoms with Crippen LogP contribution in [-0.4, -0.2) is 40.1 Å². The monoisotopic (exact) mass is 326 g/mol. The maximum absolute atomic E-state index is 11.9. The molecule has 1 aromatic rings. The molecule has 0 aromatic heterocycles. The van der Waals surface area contributed by atoms with Crippen molar-refractivity contribution in [2.24, 2.45) is 0 Å². The maximum atomic E-state index is 11.9. The SMILES string of the molecule is O=C(NCCS(=O)Cc1ccccc1)NC1CCCSC1. The standard InChI is InChI=1S/C15H22N2O2S2/c18-15(17-14-7-4-9-20-11-14)16-8-10-21(19)12-13-5-2-1-3-6-13/h1-3,5-6,14H,4,7-12H2,(H2,16,17,18). The second-order valence-electron chi connectivity index (χ2n) is 5.09. The van der Waals surface area contributed by atoms with E-state index in [0.717, 1.165) is 24.2 Å². The molecule has 2 N–H and O–H groups in total. The molecule has 1 saturated heterocycles. The van der Waals surface area contributed by atoms with Gasteiger partial charge in [0.05, 0.1) is 0 Å². The average molecular weight is 326 g/mol. The van der Waals surface area contributed by atoms with Gasteiger partial charge < -0.3 is 10.6 Å². The molecule has 2 unspecified atom stereocenters. The van der Waals surface area contributed by atoms with Crippen molar-refractivity contribution in [2.75, 3.05) is 23.8 Å². The first kappa shape index (κ1) is 16.4. The molecule has 21 heavy (non-hydrogen) atoms. The molecule has 2 rings (SSSR count). The number of carbonyl (C=O) groups is 1. The molecule has 1 aliphatic heterocycles. The van der Waals surface area contributed by atoms with Crippen molar-refractivity contribution in [1.82, 2.24) is 10.6 Å². The largest absolute Gasteiger partial charge is 0.337 e. The highest BCUT2D eigenvalue weighted by atomic mass is 32.2. The van der Waals surface area contributed by atoms with E-state index in [1.807, 2.05) is 42.1 Å². The van der Waals surface area contributed by atoms with E-state index in [9.17, 15) is 9.00 Å². The normalized spacial score (nSPS) is 19.7. The summed E-state index contributed by atoms with van der Waals surface area (Å²) in [5, 5.41) is 5.77. The molecule has 0 spiro atoms. The zero-order valence-corrected chi connectivity index (χ0v) is 13.7. The number of thioether (sulfide) groups is 1. The van der Waals surface area contributed by atoms with Crippen molar-refractivity contribution in [3.05, 3.63) is 35.9 Å². The molecule has 0 radical (unpaired) electrons. The average Bonchev–Trinajstić information content (AvgIpc) is 2.49. The lowest BCUT2D eigenvalue weighted by molar-refractivity contribution is 0.238. The second kappa shape index (κ2) is 9.10. The zero-order chi connectivity index (χ0) is 14.9. The van der Waals surface area contributed by atoms with Gasteiger partial charge in [-0.15, -0.1) is 0 Å². The molecule has 2 atom stereocenters. The predicted molar refractivity (Wildman–Crippen MR) is 90.0 cm³/mol. The number of hydrogen-bond acceptors (Lipinski definition) is 3. The summed E-state index contributed by atoms with van der Waals surface area (Å²) in [5.41, 5.74) is 1.07. The fourth-order valence-corrected chi connectivity index (χ4v) is 4.31. The Kier molecular flexibility index (Phi) is 7.09. The van der Waals surface area contributed by atoms with Gasteiger partial charge in [0.2, 0.25) is 0 Å². The smallest absolute Gasteiger partial charge is 0.315 e. The lowest BCUT2D eigenvalue weighted by atomic mass is 10.2. The summed E-state index contributed by atoms with van der Waals surface area (Å²) < 4.78 is 11.9. The van der Waals surface area contributed by atoms with E-state index in [1.165, 1.54) is 5.75 Å². The minimum atomic E-state index is -0.941. The topological polar surface area (TPSA) is 58.2 Å². The summed E-state index contributed by atoms with van der Waals surface area (Å²) in [5.74, 6) is 3.22. The molecule has 1 heterocycles. The van der Waals surface area contributed by atoms with Crippen molar-refractivity contribution in [2.45, 2.75) is 24.6 Å². The number of nitrogens with one attached hydrogen (secondary N) is 2. The highest BCUT2D eigenvalue weighted by Crippen LogP contribution is 2.16. The van der Waals surface area contributed by atoms with Gasteiger partial charge in [0.25, 0.3) is 0 Å². The molecule has 1 aliphatic rings. The van der Waals surface area contributed by atoms with E-state index >= 15 is 0 Å². The van der Waals surface area contributed by atoms with E-state index in [4.69, 9.17) is 0 Å². The van der Waals surface area contributed by atoms with Gasteiger partial charge in [-0.2, -0.15) is 11.8 Å². The lowest BCUT2D eigenvalue weighted by Crippen LogP contribution is -2.45. The van der Waals surface area contributed by atoms with Crippen LogP contribution < -0.4 is 10.6 Å². The minimum Gasteiger partial charge on any atom is -0.337 e. The molecular weight excluding hydrogens is 304 g/mol. The predicted octanol–water partition coefficient (Wildman–Crippen LogP) is 2.13. The van der Waals surface area contributed by atoms with Crippen LogP contribution in [0.1, 0.15) is 18.4 Å². The first-order valence-electron chi connectivity index (χ1n) is 7.25. The molecule has 0 bridgehead atoms. The summed E-state index contributed by atoms with van der Waals surface area (Å²) in [6.07, 6.45) is 2.22. The second-order valence-corrected chi connectivity index (χ2v) is 7.81. The molecule has 6 heteroatoms. The molecule has 0 saturated carbocycles. The first-order valence-corrected chi connectivity index (χ1v) is 9.89. The van der Waals surface area contributed by atoms with Crippen LogP contribution in [0, 0.1) is 0 Å². The third kappa shape index (κ3) is 6.52. The summed E-state index contributed by atoms with van der Waals surface area (Å²) in [4.78, 5) is 11.7. The van der Waals surface area contributed by atoms with Crippen LogP contribution in [0.25, 0.3) is 0 Å². The number of carbonyl (C=O) groups excluding carboxylic acids is 1. The van der Waals surface area contributed by atoms with Crippen LogP contribution in [-0.2, 0) is 16.6 Å². The van der Waals surface area contributed by atoms with Gasteiger partial charge in [-0.3, -0.25) is 4.21 Å². The summed E-state index contributed by atoms with van der Waals surface area (Å²) >= 11 is 1.88. The van der Waals surface area contributed by atoms with Crippen molar-refractivity contribution in [3.63, 3.8) is 0 Å². The first-order chi connectivity index (χ1) is 10.2. The quantitative estimate of drug-likeness (QED) is 0.842. The molecular formula is C15H22N2O2S2. The Bertz CT molecular complexity index is 462. The van der Waals surface area contributed by atoms with Gasteiger partial charge in [0.15, 0.2) is 0 Å². The fraction of sp³-hybridized carbons (Fsp3) is 0.533. The van der Waals surface area contributed by atoms with E-state index in [2.05, 4.69) is 10.6 Å². The number of urea groups is 1. The van der Waals surface area contributed by atoms with Gasteiger partial charge in [-0.1, -0.05) is 30.3 Å². The zero-order valence-electron chi connectivity index (χ0n) is 12.0. The summed E-state index contributed by atoms with van der Waals surface area (Å²) in [6.45, 7) is 0.450. The summed E-state index contributed by atoms with van der Waals surface area (Å²) in [7, 11) is -0.941. The van der Waals surface area contributed by atoms with Crippen LogP contribution in [0.3, 0.4) is 0 Å². The Labute approximate surface area is 132 Å². The van der Waals surface area contributed by atoms with Gasteiger partial charge >= 0.3 is 6.03 Å². The van der Waals surface area contributed by atoms with E-state index in [-0.39, 0.29) is 12.1 Å². The Balaban J connectivity index is 1.60. The molecule has 1 fully saturated rings. The highest BCUT2D eigenvalue weighted by molar-refractivity contribution is 7.99. The van der Waals surface area contributed by atoms with E-state index < -0.39 is 10.8 Å². The van der Waals surface area contributed by atoms with Crippen LogP contribution in [0.5, 0.6) is 0 Å². The van der Waals surface area contributed by atoms with Crippen molar-refractivity contribution in [1.29, 1.82) is 0 Å². The highest BCUT2D eigenvalue weighted by Gasteiger charge is 2.15.